The molecule has 2 heterocycles. The van der Waals surface area contributed by atoms with E-state index in [1.165, 1.54) is 7.11 Å². The van der Waals surface area contributed by atoms with Crippen molar-refractivity contribution in [2.45, 2.75) is 23.1 Å². The molecule has 1 aromatic carbocycles. The van der Waals surface area contributed by atoms with E-state index in [0.29, 0.717) is 18.6 Å². The number of rotatable bonds is 9. The molecule has 0 bridgehead atoms. The summed E-state index contributed by atoms with van der Waals surface area (Å²) in [7, 11) is 2.84. The number of nitrogens with zero attached hydrogens (tertiary/aromatic N) is 2. The van der Waals surface area contributed by atoms with E-state index >= 15 is 0 Å². The predicted octanol–water partition coefficient (Wildman–Crippen LogP) is 2.93. The first-order valence-corrected chi connectivity index (χ1v) is 10.1. The Kier molecular flexibility index (Phi) is 7.26. The maximum atomic E-state index is 12.4. The molecule has 1 atom stereocenters. The number of pyridine rings is 1. The zero-order chi connectivity index (χ0) is 20.6. The number of hydrogen-bond donors (Lipinski definition) is 1. The van der Waals surface area contributed by atoms with Crippen LogP contribution >= 0.6 is 11.8 Å². The van der Waals surface area contributed by atoms with Gasteiger partial charge in [0, 0.05) is 48.7 Å². The molecule has 1 amide bonds. The Balaban J connectivity index is 1.58. The average molecular weight is 413 g/mol. The van der Waals surface area contributed by atoms with Crippen LogP contribution in [0.1, 0.15) is 22.5 Å². The standard InChI is InChI=1S/C21H23N3O4S/c1-27-12-10-18(21(26)28-2)23-20(25)15-6-8-17(9-7-15)29-14-16-13-24-11-4-3-5-19(24)22-16/h3-9,11,13,18H,10,12,14H2,1-2H3,(H,23,25)/t18-/m1/s1. The van der Waals surface area contributed by atoms with E-state index in [1.54, 1.807) is 31.0 Å². The SMILES string of the molecule is COCC[C@@H](NC(=O)c1ccc(SCc2cn3ccccc3n2)cc1)C(=O)OC. The third kappa shape index (κ3) is 5.58. The first-order valence-electron chi connectivity index (χ1n) is 9.14. The summed E-state index contributed by atoms with van der Waals surface area (Å²) in [5.74, 6) is -0.0855. The monoisotopic (exact) mass is 413 g/mol. The Morgan fingerprint density at radius 1 is 1.17 bits per heavy atom. The third-order valence-corrected chi connectivity index (χ3v) is 5.36. The maximum absolute atomic E-state index is 12.4. The van der Waals surface area contributed by atoms with Crippen LogP contribution in [0.5, 0.6) is 0 Å². The van der Waals surface area contributed by atoms with Gasteiger partial charge in [0.15, 0.2) is 0 Å². The van der Waals surface area contributed by atoms with Crippen LogP contribution in [-0.2, 0) is 20.0 Å². The number of nitrogens with one attached hydrogen (secondary N) is 1. The van der Waals surface area contributed by atoms with Gasteiger partial charge < -0.3 is 19.2 Å². The summed E-state index contributed by atoms with van der Waals surface area (Å²) in [5, 5.41) is 2.70. The van der Waals surface area contributed by atoms with Crippen molar-refractivity contribution in [2.75, 3.05) is 20.8 Å². The highest BCUT2D eigenvalue weighted by molar-refractivity contribution is 7.98. The first kappa shape index (κ1) is 20.9. The highest BCUT2D eigenvalue weighted by Crippen LogP contribution is 2.23. The Morgan fingerprint density at radius 3 is 2.66 bits per heavy atom. The van der Waals surface area contributed by atoms with Crippen LogP contribution in [0.2, 0.25) is 0 Å². The fourth-order valence-corrected chi connectivity index (χ4v) is 3.57. The van der Waals surface area contributed by atoms with Gasteiger partial charge in [0.2, 0.25) is 0 Å². The molecule has 0 spiro atoms. The topological polar surface area (TPSA) is 81.9 Å². The number of hydrogen-bond acceptors (Lipinski definition) is 6. The molecule has 0 saturated heterocycles. The van der Waals surface area contributed by atoms with Crippen molar-refractivity contribution in [3.8, 4) is 0 Å². The summed E-state index contributed by atoms with van der Waals surface area (Å²) in [6.45, 7) is 0.346. The molecule has 152 valence electrons. The summed E-state index contributed by atoms with van der Waals surface area (Å²) < 4.78 is 11.7. The minimum absolute atomic E-state index is 0.326. The van der Waals surface area contributed by atoms with Gasteiger partial charge in [-0.2, -0.15) is 0 Å². The number of amides is 1. The first-order chi connectivity index (χ1) is 14.1. The summed E-state index contributed by atoms with van der Waals surface area (Å²) >= 11 is 1.64. The number of esters is 1. The molecule has 0 radical (unpaired) electrons. The van der Waals surface area contributed by atoms with Gasteiger partial charge in [-0.1, -0.05) is 6.07 Å². The Bertz CT molecular complexity index is 938. The molecular formula is C21H23N3O4S. The number of ether oxygens (including phenoxy) is 2. The number of carbonyl (C=O) groups excluding carboxylic acids is 2. The van der Waals surface area contributed by atoms with Gasteiger partial charge in [0.1, 0.15) is 11.7 Å². The maximum Gasteiger partial charge on any atom is 0.328 e. The number of thioether (sulfide) groups is 1. The van der Waals surface area contributed by atoms with Crippen LogP contribution in [0.3, 0.4) is 0 Å². The van der Waals surface area contributed by atoms with E-state index in [1.807, 2.05) is 47.1 Å². The van der Waals surface area contributed by atoms with Gasteiger partial charge in [0.25, 0.3) is 5.91 Å². The van der Waals surface area contributed by atoms with Crippen molar-refractivity contribution in [1.29, 1.82) is 0 Å². The second-order valence-corrected chi connectivity index (χ2v) is 7.39. The van der Waals surface area contributed by atoms with Crippen molar-refractivity contribution in [3.63, 3.8) is 0 Å². The van der Waals surface area contributed by atoms with E-state index in [4.69, 9.17) is 9.47 Å². The minimum Gasteiger partial charge on any atom is -0.467 e. The molecule has 8 heteroatoms. The number of aromatic nitrogens is 2. The van der Waals surface area contributed by atoms with Crippen molar-refractivity contribution in [2.24, 2.45) is 0 Å². The largest absolute Gasteiger partial charge is 0.467 e. The fourth-order valence-electron chi connectivity index (χ4n) is 2.79. The normalized spacial score (nSPS) is 11.9. The number of fused-ring (bicyclic) bond motifs is 1. The van der Waals surface area contributed by atoms with Gasteiger partial charge in [-0.05, 0) is 36.4 Å². The number of imidazole rings is 1. The lowest BCUT2D eigenvalue weighted by Crippen LogP contribution is -2.42. The van der Waals surface area contributed by atoms with Gasteiger partial charge in [0.05, 0.1) is 12.8 Å². The number of benzene rings is 1. The fraction of sp³-hybridized carbons (Fsp3) is 0.286. The predicted molar refractivity (Wildman–Crippen MR) is 111 cm³/mol. The lowest BCUT2D eigenvalue weighted by atomic mass is 10.1. The van der Waals surface area contributed by atoms with E-state index in [9.17, 15) is 9.59 Å². The van der Waals surface area contributed by atoms with Crippen molar-refractivity contribution in [3.05, 3.63) is 66.1 Å². The van der Waals surface area contributed by atoms with Crippen LogP contribution in [0.15, 0.2) is 59.8 Å². The second kappa shape index (κ2) is 10.1. The molecule has 7 nitrogen and oxygen atoms in total. The molecule has 0 aliphatic rings. The van der Waals surface area contributed by atoms with E-state index < -0.39 is 12.0 Å². The molecule has 0 fully saturated rings. The van der Waals surface area contributed by atoms with Crippen LogP contribution in [0, 0.1) is 0 Å². The van der Waals surface area contributed by atoms with Crippen molar-refractivity contribution < 1.29 is 19.1 Å². The summed E-state index contributed by atoms with van der Waals surface area (Å²) in [5.41, 5.74) is 2.39. The van der Waals surface area contributed by atoms with Crippen LogP contribution in [-0.4, -0.2) is 48.1 Å². The Hall–Kier alpha value is -2.84. The van der Waals surface area contributed by atoms with Crippen molar-refractivity contribution >= 4 is 29.3 Å². The molecule has 0 aliphatic heterocycles. The smallest absolute Gasteiger partial charge is 0.328 e. The third-order valence-electron chi connectivity index (χ3n) is 4.32. The Morgan fingerprint density at radius 2 is 1.97 bits per heavy atom. The molecule has 3 rings (SSSR count). The molecule has 2 aromatic heterocycles. The number of methoxy groups -OCH3 is 2. The summed E-state index contributed by atoms with van der Waals surface area (Å²) in [6, 6.07) is 12.4. The van der Waals surface area contributed by atoms with Crippen molar-refractivity contribution in [1.82, 2.24) is 14.7 Å². The zero-order valence-corrected chi connectivity index (χ0v) is 17.1. The van der Waals surface area contributed by atoms with E-state index in [2.05, 4.69) is 10.3 Å². The van der Waals surface area contributed by atoms with Gasteiger partial charge in [-0.3, -0.25) is 4.79 Å². The van der Waals surface area contributed by atoms with Gasteiger partial charge >= 0.3 is 5.97 Å². The van der Waals surface area contributed by atoms with Crippen LogP contribution in [0.4, 0.5) is 0 Å². The molecule has 0 unspecified atom stereocenters. The van der Waals surface area contributed by atoms with E-state index in [-0.39, 0.29) is 5.91 Å². The summed E-state index contributed by atoms with van der Waals surface area (Å²) in [6.07, 6.45) is 4.33. The minimum atomic E-state index is -0.739. The van der Waals surface area contributed by atoms with Crippen LogP contribution < -0.4 is 5.32 Å². The van der Waals surface area contributed by atoms with Gasteiger partial charge in [-0.25, -0.2) is 9.78 Å². The lowest BCUT2D eigenvalue weighted by Gasteiger charge is -2.16. The second-order valence-electron chi connectivity index (χ2n) is 6.34. The molecule has 29 heavy (non-hydrogen) atoms. The van der Waals surface area contributed by atoms with E-state index in [0.717, 1.165) is 22.0 Å². The molecule has 0 saturated carbocycles. The average Bonchev–Trinajstić information content (AvgIpc) is 3.18. The van der Waals surface area contributed by atoms with Crippen LogP contribution in [0.25, 0.3) is 5.65 Å². The molecule has 3 aromatic rings. The molecule has 1 N–H and O–H groups in total. The highest BCUT2D eigenvalue weighted by atomic mass is 32.2. The highest BCUT2D eigenvalue weighted by Gasteiger charge is 2.21. The lowest BCUT2D eigenvalue weighted by molar-refractivity contribution is -0.143. The summed E-state index contributed by atoms with van der Waals surface area (Å²) in [4.78, 5) is 29.9. The Labute approximate surface area is 173 Å². The quantitative estimate of drug-likeness (QED) is 0.429. The molecule has 0 aliphatic carbocycles. The zero-order valence-electron chi connectivity index (χ0n) is 16.3. The number of carbonyl (C=O) groups is 2. The molecular weight excluding hydrogens is 390 g/mol. The van der Waals surface area contributed by atoms with Gasteiger partial charge in [-0.15, -0.1) is 11.8 Å².